The van der Waals surface area contributed by atoms with Crippen molar-refractivity contribution in [2.45, 2.75) is 30.8 Å². The lowest BCUT2D eigenvalue weighted by atomic mass is 10.2. The predicted molar refractivity (Wildman–Crippen MR) is 120 cm³/mol. The number of hydrogen-bond acceptors (Lipinski definition) is 8. The zero-order chi connectivity index (χ0) is 22.3. The molecular formula is C20H21BrN6O3S. The van der Waals surface area contributed by atoms with Crippen molar-refractivity contribution >= 4 is 43.4 Å². The Hall–Kier alpha value is -2.78. The third-order valence-electron chi connectivity index (χ3n) is 4.30. The van der Waals surface area contributed by atoms with E-state index >= 15 is 0 Å². The number of sulfonamides is 1. The summed E-state index contributed by atoms with van der Waals surface area (Å²) >= 11 is 3.39. The van der Waals surface area contributed by atoms with Crippen molar-refractivity contribution in [3.05, 3.63) is 65.0 Å². The van der Waals surface area contributed by atoms with Crippen LogP contribution in [0.15, 0.2) is 52.1 Å². The molecule has 162 valence electrons. The van der Waals surface area contributed by atoms with E-state index in [4.69, 9.17) is 0 Å². The first-order chi connectivity index (χ1) is 14.9. The molecule has 2 heterocycles. The van der Waals surface area contributed by atoms with Crippen LogP contribution in [0, 0.1) is 12.3 Å². The van der Waals surface area contributed by atoms with E-state index in [-0.39, 0.29) is 24.1 Å². The molecule has 0 bridgehead atoms. The maximum Gasteiger partial charge on any atom is 0.240 e. The molecule has 0 saturated heterocycles. The van der Waals surface area contributed by atoms with Gasteiger partial charge in [0.05, 0.1) is 22.0 Å². The summed E-state index contributed by atoms with van der Waals surface area (Å²) < 4.78 is 28.2. The molecule has 1 atom stereocenters. The predicted octanol–water partition coefficient (Wildman–Crippen LogP) is 2.64. The number of aromatic nitrogens is 3. The smallest absolute Gasteiger partial charge is 0.240 e. The molecule has 0 fully saturated rings. The molecule has 11 heteroatoms. The molecule has 4 N–H and O–H groups in total. The summed E-state index contributed by atoms with van der Waals surface area (Å²) in [5.41, 5.74) is 1.26. The summed E-state index contributed by atoms with van der Waals surface area (Å²) in [7, 11) is -3.68. The van der Waals surface area contributed by atoms with Crippen molar-refractivity contribution in [1.29, 1.82) is 0 Å². The number of aliphatic hydroxyl groups is 1. The Morgan fingerprint density at radius 1 is 1.23 bits per heavy atom. The largest absolute Gasteiger partial charge is 0.394 e. The molecule has 0 aliphatic carbocycles. The third-order valence-corrected chi connectivity index (χ3v) is 6.30. The van der Waals surface area contributed by atoms with Crippen molar-refractivity contribution in [2.24, 2.45) is 0 Å². The highest BCUT2D eigenvalue weighted by Crippen LogP contribution is 2.23. The molecule has 31 heavy (non-hydrogen) atoms. The van der Waals surface area contributed by atoms with Crippen LogP contribution in [0.1, 0.15) is 18.9 Å². The number of rotatable bonds is 10. The number of anilines is 3. The van der Waals surface area contributed by atoms with Crippen LogP contribution in [-0.2, 0) is 16.6 Å². The zero-order valence-electron chi connectivity index (χ0n) is 16.6. The molecule has 0 radical (unpaired) electrons. The maximum absolute atomic E-state index is 12.5. The third kappa shape index (κ3) is 6.35. The van der Waals surface area contributed by atoms with Gasteiger partial charge in [0, 0.05) is 36.4 Å². The van der Waals surface area contributed by atoms with Crippen LogP contribution in [0.2, 0.25) is 0 Å². The Labute approximate surface area is 189 Å². The van der Waals surface area contributed by atoms with Crippen molar-refractivity contribution < 1.29 is 13.5 Å². The molecule has 2 aromatic heterocycles. The van der Waals surface area contributed by atoms with Gasteiger partial charge in [0.1, 0.15) is 5.82 Å². The number of halogens is 1. The van der Waals surface area contributed by atoms with Gasteiger partial charge in [-0.05, 0) is 58.7 Å². The van der Waals surface area contributed by atoms with Crippen LogP contribution in [0.3, 0.4) is 0 Å². The van der Waals surface area contributed by atoms with Gasteiger partial charge in [-0.1, -0.05) is 6.92 Å². The second kappa shape index (κ2) is 10.5. The normalized spacial score (nSPS) is 12.1. The second-order valence-corrected chi connectivity index (χ2v) is 9.12. The topological polar surface area (TPSA) is 129 Å². The molecule has 0 aliphatic rings. The van der Waals surface area contributed by atoms with Gasteiger partial charge in [-0.15, -0.1) is 0 Å². The number of nitrogens with zero attached hydrogens (tertiary/aromatic N) is 3. The van der Waals surface area contributed by atoms with E-state index in [9.17, 15) is 13.5 Å². The standard InChI is InChI=1S/C20H21BrN6O3S/c1-2-15(13-28)25-19-18(21)12-23-20(27-19)26-16-3-5-17(6-4-16)31(29,30)24-11-14-7-9-22-10-8-14/h3-7,9,12,15,24,28H,2,11,13H2,1H3,(H2,23,25,26,27)/t15-/m1/s1. The fraction of sp³-hybridized carbons (Fsp3) is 0.250. The average molecular weight is 505 g/mol. The van der Waals surface area contributed by atoms with E-state index in [2.05, 4.69) is 58.5 Å². The number of aliphatic hydroxyl groups excluding tert-OH is 1. The molecule has 0 amide bonds. The summed E-state index contributed by atoms with van der Waals surface area (Å²) in [4.78, 5) is 12.5. The first kappa shape index (κ1) is 22.9. The minimum atomic E-state index is -3.68. The summed E-state index contributed by atoms with van der Waals surface area (Å²) in [6.07, 6.45) is 6.40. The van der Waals surface area contributed by atoms with E-state index in [1.54, 1.807) is 24.4 Å². The molecule has 0 spiro atoms. The molecule has 9 nitrogen and oxygen atoms in total. The fourth-order valence-corrected chi connectivity index (χ4v) is 3.83. The lowest BCUT2D eigenvalue weighted by Gasteiger charge is -2.16. The number of hydrogen-bond donors (Lipinski definition) is 4. The van der Waals surface area contributed by atoms with E-state index in [1.807, 2.05) is 6.92 Å². The average Bonchev–Trinajstić information content (AvgIpc) is 2.79. The SMILES string of the molecule is CC[C@H](CO)Nc1nc(Nc2ccc(S(=O)(=O)NCc3c#cncc3)cc2)ncc1Br. The Kier molecular flexibility index (Phi) is 7.75. The van der Waals surface area contributed by atoms with Crippen LogP contribution in [0.4, 0.5) is 17.5 Å². The minimum absolute atomic E-state index is 0.0167. The molecule has 3 aromatic rings. The Balaban J connectivity index is 1.67. The van der Waals surface area contributed by atoms with Gasteiger partial charge < -0.3 is 15.7 Å². The van der Waals surface area contributed by atoms with Crippen molar-refractivity contribution in [3.63, 3.8) is 0 Å². The fourth-order valence-electron chi connectivity index (χ4n) is 2.51. The summed E-state index contributed by atoms with van der Waals surface area (Å²) in [6, 6.07) is 10.5. The Morgan fingerprint density at radius 2 is 2.00 bits per heavy atom. The van der Waals surface area contributed by atoms with E-state index < -0.39 is 10.0 Å². The monoisotopic (exact) mass is 504 g/mol. The van der Waals surface area contributed by atoms with Gasteiger partial charge >= 0.3 is 0 Å². The Morgan fingerprint density at radius 3 is 2.65 bits per heavy atom. The van der Waals surface area contributed by atoms with Gasteiger partial charge in [-0.3, -0.25) is 0 Å². The van der Waals surface area contributed by atoms with E-state index in [0.29, 0.717) is 27.5 Å². The van der Waals surface area contributed by atoms with Crippen molar-refractivity contribution in [1.82, 2.24) is 19.7 Å². The highest BCUT2D eigenvalue weighted by atomic mass is 79.9. The molecule has 0 unspecified atom stereocenters. The van der Waals surface area contributed by atoms with Gasteiger partial charge in [0.25, 0.3) is 0 Å². The lowest BCUT2D eigenvalue weighted by Crippen LogP contribution is -2.23. The molecule has 0 saturated carbocycles. The van der Waals surface area contributed by atoms with Crippen LogP contribution < -0.4 is 15.4 Å². The van der Waals surface area contributed by atoms with E-state index in [0.717, 1.165) is 6.42 Å². The molecule has 3 rings (SSSR count). The van der Waals surface area contributed by atoms with E-state index in [1.165, 1.54) is 18.3 Å². The number of benzene rings is 1. The summed E-state index contributed by atoms with van der Waals surface area (Å²) in [5.74, 6) is 0.878. The highest BCUT2D eigenvalue weighted by Gasteiger charge is 2.14. The molecular weight excluding hydrogens is 484 g/mol. The van der Waals surface area contributed by atoms with Gasteiger partial charge in [0.15, 0.2) is 0 Å². The minimum Gasteiger partial charge on any atom is -0.394 e. The van der Waals surface area contributed by atoms with Crippen LogP contribution in [0.5, 0.6) is 0 Å². The summed E-state index contributed by atoms with van der Waals surface area (Å²) in [5, 5.41) is 15.6. The molecule has 1 aromatic carbocycles. The first-order valence-electron chi connectivity index (χ1n) is 9.41. The van der Waals surface area contributed by atoms with Crippen LogP contribution in [0.25, 0.3) is 0 Å². The van der Waals surface area contributed by atoms with Gasteiger partial charge in [-0.25, -0.2) is 23.1 Å². The second-order valence-electron chi connectivity index (χ2n) is 6.50. The quantitative estimate of drug-likeness (QED) is 0.331. The van der Waals surface area contributed by atoms with Crippen molar-refractivity contribution in [2.75, 3.05) is 17.2 Å². The van der Waals surface area contributed by atoms with Crippen LogP contribution in [-0.4, -0.2) is 41.1 Å². The number of nitrogens with one attached hydrogen (secondary N) is 3. The Bertz CT molecular complexity index is 1090. The van der Waals surface area contributed by atoms with Gasteiger partial charge in [0.2, 0.25) is 16.0 Å². The lowest BCUT2D eigenvalue weighted by molar-refractivity contribution is 0.271. The molecule has 0 aliphatic heterocycles. The van der Waals surface area contributed by atoms with Gasteiger partial charge in [-0.2, -0.15) is 4.98 Å². The van der Waals surface area contributed by atoms with Crippen molar-refractivity contribution in [3.8, 4) is 0 Å². The zero-order valence-corrected chi connectivity index (χ0v) is 19.0. The maximum atomic E-state index is 12.5. The first-order valence-corrected chi connectivity index (χ1v) is 11.7. The highest BCUT2D eigenvalue weighted by molar-refractivity contribution is 9.10. The van der Waals surface area contributed by atoms with Crippen LogP contribution >= 0.6 is 15.9 Å². The summed E-state index contributed by atoms with van der Waals surface area (Å²) in [6.45, 7) is 2.04.